The average Bonchev–Trinajstić information content (AvgIpc) is 2.91. The summed E-state index contributed by atoms with van der Waals surface area (Å²) in [5.41, 5.74) is 8.03. The molecule has 0 saturated carbocycles. The molecule has 4 aromatic rings. The van der Waals surface area contributed by atoms with Gasteiger partial charge in [-0.3, -0.25) is 4.90 Å². The zero-order chi connectivity index (χ0) is 24.7. The Balaban J connectivity index is 1.29. The van der Waals surface area contributed by atoms with E-state index in [4.69, 9.17) is 19.9 Å². The minimum atomic E-state index is 0.502. The van der Waals surface area contributed by atoms with Crippen LogP contribution in [0.3, 0.4) is 0 Å². The van der Waals surface area contributed by atoms with Crippen LogP contribution in [0.15, 0.2) is 72.9 Å². The summed E-state index contributed by atoms with van der Waals surface area (Å²) < 4.78 is 17.5. The third-order valence-electron chi connectivity index (χ3n) is 5.96. The molecule has 0 bridgehead atoms. The highest BCUT2D eigenvalue weighted by Crippen LogP contribution is 2.34. The van der Waals surface area contributed by atoms with E-state index in [1.54, 1.807) is 24.4 Å². The van der Waals surface area contributed by atoms with Crippen LogP contribution in [0.2, 0.25) is 0 Å². The summed E-state index contributed by atoms with van der Waals surface area (Å²) in [7, 11) is 0. The first-order valence-corrected chi connectivity index (χ1v) is 11.8. The number of aromatic nitrogens is 1. The van der Waals surface area contributed by atoms with Gasteiger partial charge in [-0.25, -0.2) is 4.98 Å². The zero-order valence-electron chi connectivity index (χ0n) is 19.8. The number of nitrogens with one attached hydrogen (secondary N) is 1. The number of hydrogen-bond donors (Lipinski definition) is 2. The van der Waals surface area contributed by atoms with Crippen LogP contribution in [-0.4, -0.2) is 49.3 Å². The van der Waals surface area contributed by atoms with Gasteiger partial charge in [-0.1, -0.05) is 24.3 Å². The van der Waals surface area contributed by atoms with Crippen molar-refractivity contribution in [1.82, 2.24) is 9.88 Å². The van der Waals surface area contributed by atoms with Crippen LogP contribution in [0, 0.1) is 11.3 Å². The molecule has 3 N–H and O–H groups in total. The first kappa shape index (κ1) is 23.4. The Morgan fingerprint density at radius 3 is 2.67 bits per heavy atom. The molecule has 0 aliphatic carbocycles. The van der Waals surface area contributed by atoms with E-state index >= 15 is 0 Å². The van der Waals surface area contributed by atoms with Gasteiger partial charge in [0.2, 0.25) is 0 Å². The molecule has 182 valence electrons. The van der Waals surface area contributed by atoms with E-state index in [0.29, 0.717) is 46.6 Å². The van der Waals surface area contributed by atoms with E-state index in [2.05, 4.69) is 21.3 Å². The molecule has 1 aliphatic rings. The fourth-order valence-corrected chi connectivity index (χ4v) is 4.14. The van der Waals surface area contributed by atoms with Gasteiger partial charge in [0.1, 0.15) is 29.7 Å². The minimum Gasteiger partial charge on any atom is -0.492 e. The van der Waals surface area contributed by atoms with E-state index < -0.39 is 0 Å². The van der Waals surface area contributed by atoms with E-state index in [1.165, 1.54) is 0 Å². The predicted molar refractivity (Wildman–Crippen MR) is 140 cm³/mol. The fraction of sp³-hybridized carbons (Fsp3) is 0.214. The molecule has 0 amide bonds. The lowest BCUT2D eigenvalue weighted by Gasteiger charge is -2.26. The average molecular weight is 482 g/mol. The SMILES string of the molecule is N#Cc1cc(Nc2cc(Oc3ccc(N)c4ccccc34)ccn2)cc(OCCN2CCOCC2)c1. The maximum Gasteiger partial charge on any atom is 0.135 e. The number of pyridine rings is 1. The maximum atomic E-state index is 9.50. The van der Waals surface area contributed by atoms with Crippen LogP contribution in [-0.2, 0) is 4.74 Å². The van der Waals surface area contributed by atoms with Crippen molar-refractivity contribution in [2.75, 3.05) is 50.5 Å². The van der Waals surface area contributed by atoms with Crippen molar-refractivity contribution in [3.63, 3.8) is 0 Å². The molecular weight excluding hydrogens is 454 g/mol. The van der Waals surface area contributed by atoms with Crippen molar-refractivity contribution in [2.45, 2.75) is 0 Å². The number of fused-ring (bicyclic) bond motifs is 1. The Kier molecular flexibility index (Phi) is 7.12. The lowest BCUT2D eigenvalue weighted by atomic mass is 10.1. The number of nitrogens with two attached hydrogens (primary N) is 1. The summed E-state index contributed by atoms with van der Waals surface area (Å²) >= 11 is 0. The summed E-state index contributed by atoms with van der Waals surface area (Å²) in [4.78, 5) is 6.71. The summed E-state index contributed by atoms with van der Waals surface area (Å²) in [6, 6.07) is 22.7. The summed E-state index contributed by atoms with van der Waals surface area (Å²) in [6.07, 6.45) is 1.67. The Labute approximate surface area is 209 Å². The zero-order valence-corrected chi connectivity index (χ0v) is 19.8. The number of anilines is 3. The molecule has 36 heavy (non-hydrogen) atoms. The second-order valence-electron chi connectivity index (χ2n) is 8.46. The highest BCUT2D eigenvalue weighted by molar-refractivity contribution is 5.97. The first-order chi connectivity index (χ1) is 17.7. The molecule has 1 fully saturated rings. The molecule has 0 spiro atoms. The summed E-state index contributed by atoms with van der Waals surface area (Å²) in [5, 5.41) is 14.6. The molecule has 1 saturated heterocycles. The van der Waals surface area contributed by atoms with E-state index in [-0.39, 0.29) is 0 Å². The second-order valence-corrected chi connectivity index (χ2v) is 8.46. The molecular formula is C28H27N5O3. The second kappa shape index (κ2) is 11.0. The third-order valence-corrected chi connectivity index (χ3v) is 5.96. The smallest absolute Gasteiger partial charge is 0.135 e. The Morgan fingerprint density at radius 2 is 1.83 bits per heavy atom. The van der Waals surface area contributed by atoms with Gasteiger partial charge < -0.3 is 25.3 Å². The van der Waals surface area contributed by atoms with Crippen LogP contribution in [0.1, 0.15) is 5.56 Å². The Morgan fingerprint density at radius 1 is 1.00 bits per heavy atom. The molecule has 0 radical (unpaired) electrons. The highest BCUT2D eigenvalue weighted by atomic mass is 16.5. The van der Waals surface area contributed by atoms with Gasteiger partial charge in [0.25, 0.3) is 0 Å². The number of nitrogen functional groups attached to an aromatic ring is 1. The summed E-state index contributed by atoms with van der Waals surface area (Å²) in [6.45, 7) is 4.66. The molecule has 0 atom stereocenters. The molecule has 8 nitrogen and oxygen atoms in total. The molecule has 1 aliphatic heterocycles. The van der Waals surface area contributed by atoms with Crippen molar-refractivity contribution in [3.8, 4) is 23.3 Å². The van der Waals surface area contributed by atoms with Gasteiger partial charge in [0.15, 0.2) is 0 Å². The quantitative estimate of drug-likeness (QED) is 0.341. The molecule has 8 heteroatoms. The number of morpholine rings is 1. The van der Waals surface area contributed by atoms with Gasteiger partial charge in [-0.05, 0) is 30.3 Å². The molecule has 2 heterocycles. The van der Waals surface area contributed by atoms with Gasteiger partial charge >= 0.3 is 0 Å². The number of nitriles is 1. The standard InChI is InChI=1S/C28H27N5O3/c29-19-20-15-21(17-23(16-20)35-14-11-33-9-12-34-13-10-33)32-28-18-22(7-8-31-28)36-27-6-5-26(30)24-3-1-2-4-25(24)27/h1-8,15-18H,9-14,30H2,(H,31,32). The van der Waals surface area contributed by atoms with Crippen molar-refractivity contribution in [3.05, 3.63) is 78.5 Å². The topological polar surface area (TPSA) is 106 Å². The van der Waals surface area contributed by atoms with Gasteiger partial charge in [-0.2, -0.15) is 5.26 Å². The van der Waals surface area contributed by atoms with Gasteiger partial charge in [0.05, 0.1) is 24.8 Å². The van der Waals surface area contributed by atoms with E-state index in [0.717, 1.165) is 43.6 Å². The molecule has 5 rings (SSSR count). The highest BCUT2D eigenvalue weighted by Gasteiger charge is 2.11. The van der Waals surface area contributed by atoms with Crippen LogP contribution in [0.25, 0.3) is 10.8 Å². The number of benzene rings is 3. The van der Waals surface area contributed by atoms with E-state index in [9.17, 15) is 5.26 Å². The largest absolute Gasteiger partial charge is 0.492 e. The third kappa shape index (κ3) is 5.66. The van der Waals surface area contributed by atoms with Gasteiger partial charge in [-0.15, -0.1) is 0 Å². The van der Waals surface area contributed by atoms with Crippen LogP contribution >= 0.6 is 0 Å². The van der Waals surface area contributed by atoms with Crippen LogP contribution in [0.5, 0.6) is 17.2 Å². The number of nitrogens with zero attached hydrogens (tertiary/aromatic N) is 3. The number of hydrogen-bond acceptors (Lipinski definition) is 8. The lowest BCUT2D eigenvalue weighted by molar-refractivity contribution is 0.0322. The number of ether oxygens (including phenoxy) is 3. The monoisotopic (exact) mass is 481 g/mol. The summed E-state index contributed by atoms with van der Waals surface area (Å²) in [5.74, 6) is 2.55. The van der Waals surface area contributed by atoms with Crippen molar-refractivity contribution < 1.29 is 14.2 Å². The van der Waals surface area contributed by atoms with Crippen LogP contribution < -0.4 is 20.5 Å². The number of rotatable bonds is 8. The maximum absolute atomic E-state index is 9.50. The van der Waals surface area contributed by atoms with Crippen LogP contribution in [0.4, 0.5) is 17.2 Å². The van der Waals surface area contributed by atoms with Crippen molar-refractivity contribution >= 4 is 28.0 Å². The minimum absolute atomic E-state index is 0.502. The fourth-order valence-electron chi connectivity index (χ4n) is 4.14. The Bertz CT molecular complexity index is 1400. The Hall–Kier alpha value is -4.32. The van der Waals surface area contributed by atoms with Gasteiger partial charge in [0, 0.05) is 60.1 Å². The predicted octanol–water partition coefficient (Wildman–Crippen LogP) is 4.94. The lowest BCUT2D eigenvalue weighted by Crippen LogP contribution is -2.38. The van der Waals surface area contributed by atoms with Crippen molar-refractivity contribution in [2.24, 2.45) is 0 Å². The van der Waals surface area contributed by atoms with Crippen molar-refractivity contribution in [1.29, 1.82) is 5.26 Å². The van der Waals surface area contributed by atoms with E-state index in [1.807, 2.05) is 48.5 Å². The normalized spacial score (nSPS) is 13.8. The molecule has 1 aromatic heterocycles. The molecule has 3 aromatic carbocycles. The first-order valence-electron chi connectivity index (χ1n) is 11.8. The molecule has 0 unspecified atom stereocenters.